The van der Waals surface area contributed by atoms with Crippen LogP contribution in [0, 0.1) is 6.92 Å². The molecule has 0 saturated carbocycles. The van der Waals surface area contributed by atoms with E-state index in [1.165, 1.54) is 12.3 Å². The van der Waals surface area contributed by atoms with Crippen LogP contribution in [0.4, 0.5) is 28.8 Å². The third-order valence-electron chi connectivity index (χ3n) is 6.42. The molecule has 1 atom stereocenters. The van der Waals surface area contributed by atoms with Gasteiger partial charge in [-0.15, -0.1) is 0 Å². The second-order valence-electron chi connectivity index (χ2n) is 9.30. The number of piperidine rings is 1. The van der Waals surface area contributed by atoms with E-state index in [1.807, 2.05) is 48.9 Å². The number of rotatable bonds is 9. The van der Waals surface area contributed by atoms with E-state index in [2.05, 4.69) is 32.3 Å². The molecule has 1 aromatic carbocycles. The number of hydrogen-bond donors (Lipinski definition) is 3. The number of nitrogens with zero attached hydrogens (tertiary/aromatic N) is 6. The zero-order valence-electron chi connectivity index (χ0n) is 22.1. The number of hydrogen-bond acceptors (Lipinski definition) is 9. The van der Waals surface area contributed by atoms with Crippen LogP contribution in [0.25, 0.3) is 0 Å². The van der Waals surface area contributed by atoms with Gasteiger partial charge < -0.3 is 30.9 Å². The number of aromatic nitrogens is 4. The molecule has 200 valence electrons. The highest BCUT2D eigenvalue weighted by atomic mass is 16.5. The highest BCUT2D eigenvalue weighted by Gasteiger charge is 2.24. The summed E-state index contributed by atoms with van der Waals surface area (Å²) in [7, 11) is 5.44. The van der Waals surface area contributed by atoms with Gasteiger partial charge in [-0.05, 0) is 37.5 Å². The summed E-state index contributed by atoms with van der Waals surface area (Å²) in [5.74, 6) is 0.517. The highest BCUT2D eigenvalue weighted by Crippen LogP contribution is 2.35. The van der Waals surface area contributed by atoms with Crippen LogP contribution >= 0.6 is 0 Å². The summed E-state index contributed by atoms with van der Waals surface area (Å²) in [6, 6.07) is 3.84. The zero-order chi connectivity index (χ0) is 27.4. The molecule has 1 aliphatic rings. The number of aryl methyl sites for hydroxylation is 1. The molecule has 12 heteroatoms. The fourth-order valence-electron chi connectivity index (χ4n) is 4.44. The summed E-state index contributed by atoms with van der Waals surface area (Å²) in [5.41, 5.74) is 8.95. The Labute approximate surface area is 221 Å². The van der Waals surface area contributed by atoms with Crippen molar-refractivity contribution in [2.45, 2.75) is 25.8 Å². The number of amides is 2. The number of primary amides is 1. The first kappa shape index (κ1) is 26.5. The fourth-order valence-corrected chi connectivity index (χ4v) is 4.44. The maximum Gasteiger partial charge on any atom is 0.254 e. The number of benzene rings is 1. The molecule has 3 aromatic rings. The van der Waals surface area contributed by atoms with Crippen molar-refractivity contribution in [3.63, 3.8) is 0 Å². The van der Waals surface area contributed by atoms with Gasteiger partial charge in [-0.3, -0.25) is 14.3 Å². The van der Waals surface area contributed by atoms with Crippen molar-refractivity contribution in [3.05, 3.63) is 54.5 Å². The predicted octanol–water partition coefficient (Wildman–Crippen LogP) is 2.99. The topological polar surface area (TPSA) is 144 Å². The van der Waals surface area contributed by atoms with Crippen LogP contribution in [-0.2, 0) is 4.79 Å². The second kappa shape index (κ2) is 11.2. The first-order valence-corrected chi connectivity index (χ1v) is 12.2. The maximum absolute atomic E-state index is 12.2. The standard InChI is InChI=1S/C26H33N9O3/c1-6-22(36)34-9-7-8-18(15-34)35-14-17(12-29-35)30-26-28-13-20(24(27)37)25(32-26)31-23-16(2)10-19(38-5)11-21(23)33(3)4/h6,10-14,18H,1,7-9,15H2,2-5H3,(H2,27,37)(H2,28,30,31,32)/t18-/m1/s1. The number of ether oxygens (including phenoxy) is 1. The Morgan fingerprint density at radius 1 is 1.26 bits per heavy atom. The van der Waals surface area contributed by atoms with Crippen molar-refractivity contribution in [2.24, 2.45) is 5.73 Å². The van der Waals surface area contributed by atoms with Crippen LogP contribution in [0.1, 0.15) is 34.8 Å². The Hall–Kier alpha value is -4.61. The number of carbonyl (C=O) groups is 2. The van der Waals surface area contributed by atoms with Gasteiger partial charge in [0.1, 0.15) is 17.1 Å². The van der Waals surface area contributed by atoms with Crippen molar-refractivity contribution < 1.29 is 14.3 Å². The van der Waals surface area contributed by atoms with Crippen LogP contribution in [0.3, 0.4) is 0 Å². The Balaban J connectivity index is 1.59. The van der Waals surface area contributed by atoms with E-state index in [0.29, 0.717) is 24.5 Å². The molecule has 0 unspecified atom stereocenters. The van der Waals surface area contributed by atoms with E-state index in [0.717, 1.165) is 29.8 Å². The number of nitrogens with one attached hydrogen (secondary N) is 2. The molecule has 4 N–H and O–H groups in total. The predicted molar refractivity (Wildman–Crippen MR) is 146 cm³/mol. The summed E-state index contributed by atoms with van der Waals surface area (Å²) in [6.45, 7) is 6.80. The molecule has 12 nitrogen and oxygen atoms in total. The van der Waals surface area contributed by atoms with Gasteiger partial charge in [-0.2, -0.15) is 10.1 Å². The Kier molecular flexibility index (Phi) is 7.79. The number of nitrogens with two attached hydrogens (primary N) is 1. The smallest absolute Gasteiger partial charge is 0.254 e. The van der Waals surface area contributed by atoms with E-state index in [9.17, 15) is 9.59 Å². The molecule has 3 heterocycles. The van der Waals surface area contributed by atoms with Gasteiger partial charge in [0.2, 0.25) is 11.9 Å². The van der Waals surface area contributed by atoms with Crippen LogP contribution < -0.4 is 26.0 Å². The highest BCUT2D eigenvalue weighted by molar-refractivity contribution is 5.99. The van der Waals surface area contributed by atoms with Crippen molar-refractivity contribution in [1.29, 1.82) is 0 Å². The van der Waals surface area contributed by atoms with Gasteiger partial charge in [-0.1, -0.05) is 6.58 Å². The monoisotopic (exact) mass is 519 g/mol. The summed E-state index contributed by atoms with van der Waals surface area (Å²) in [5, 5.41) is 10.9. The van der Waals surface area contributed by atoms with E-state index in [4.69, 9.17) is 10.5 Å². The number of methoxy groups -OCH3 is 1. The minimum absolute atomic E-state index is 0.0566. The normalized spacial score (nSPS) is 15.1. The van der Waals surface area contributed by atoms with E-state index >= 15 is 0 Å². The van der Waals surface area contributed by atoms with Gasteiger partial charge in [-0.25, -0.2) is 4.98 Å². The summed E-state index contributed by atoms with van der Waals surface area (Å²) < 4.78 is 7.25. The summed E-state index contributed by atoms with van der Waals surface area (Å²) in [4.78, 5) is 36.8. The molecule has 1 saturated heterocycles. The van der Waals surface area contributed by atoms with Crippen molar-refractivity contribution in [2.75, 3.05) is 49.8 Å². The lowest BCUT2D eigenvalue weighted by Gasteiger charge is -2.32. The van der Waals surface area contributed by atoms with Crippen LogP contribution in [0.15, 0.2) is 43.4 Å². The molecule has 38 heavy (non-hydrogen) atoms. The largest absolute Gasteiger partial charge is 0.497 e. The lowest BCUT2D eigenvalue weighted by Crippen LogP contribution is -2.39. The molecular formula is C26H33N9O3. The zero-order valence-corrected chi connectivity index (χ0v) is 22.1. The van der Waals surface area contributed by atoms with Crippen LogP contribution in [0.5, 0.6) is 5.75 Å². The molecule has 0 spiro atoms. The average molecular weight is 520 g/mol. The summed E-state index contributed by atoms with van der Waals surface area (Å²) >= 11 is 0. The Morgan fingerprint density at radius 3 is 2.74 bits per heavy atom. The summed E-state index contributed by atoms with van der Waals surface area (Å²) in [6.07, 6.45) is 8.05. The minimum atomic E-state index is -0.652. The molecule has 0 bridgehead atoms. The van der Waals surface area contributed by atoms with Gasteiger partial charge in [0, 0.05) is 45.6 Å². The minimum Gasteiger partial charge on any atom is -0.497 e. The second-order valence-corrected chi connectivity index (χ2v) is 9.30. The lowest BCUT2D eigenvalue weighted by molar-refractivity contribution is -0.127. The van der Waals surface area contributed by atoms with Gasteiger partial charge >= 0.3 is 0 Å². The Bertz CT molecular complexity index is 1350. The van der Waals surface area contributed by atoms with E-state index in [-0.39, 0.29) is 29.3 Å². The first-order chi connectivity index (χ1) is 18.2. The van der Waals surface area contributed by atoms with Crippen molar-refractivity contribution in [3.8, 4) is 5.75 Å². The number of anilines is 5. The van der Waals surface area contributed by atoms with Crippen LogP contribution in [0.2, 0.25) is 0 Å². The molecule has 4 rings (SSSR count). The van der Waals surface area contributed by atoms with E-state index < -0.39 is 5.91 Å². The quantitative estimate of drug-likeness (QED) is 0.363. The molecule has 2 aromatic heterocycles. The number of carbonyl (C=O) groups excluding carboxylic acids is 2. The number of likely N-dealkylation sites (tertiary alicyclic amines) is 1. The van der Waals surface area contributed by atoms with E-state index in [1.54, 1.807) is 18.2 Å². The Morgan fingerprint density at radius 2 is 2.05 bits per heavy atom. The van der Waals surface area contributed by atoms with Gasteiger partial charge in [0.05, 0.1) is 36.4 Å². The van der Waals surface area contributed by atoms with Crippen molar-refractivity contribution in [1.82, 2.24) is 24.6 Å². The third-order valence-corrected chi connectivity index (χ3v) is 6.42. The lowest BCUT2D eigenvalue weighted by atomic mass is 10.1. The van der Waals surface area contributed by atoms with Crippen LogP contribution in [-0.4, -0.2) is 70.8 Å². The molecule has 2 amide bonds. The molecular weight excluding hydrogens is 486 g/mol. The molecule has 1 fully saturated rings. The molecule has 0 aliphatic carbocycles. The molecule has 0 radical (unpaired) electrons. The SMILES string of the molecule is C=CC(=O)N1CCC[C@@H](n2cc(Nc3ncc(C(N)=O)c(Nc4c(C)cc(OC)cc4N(C)C)n3)cn2)C1. The fraction of sp³-hybridized carbons (Fsp3) is 0.346. The average Bonchev–Trinajstić information content (AvgIpc) is 3.37. The molecule has 1 aliphatic heterocycles. The van der Waals surface area contributed by atoms with Gasteiger partial charge in [0.15, 0.2) is 0 Å². The first-order valence-electron chi connectivity index (χ1n) is 12.2. The third kappa shape index (κ3) is 5.69. The maximum atomic E-state index is 12.2. The van der Waals surface area contributed by atoms with Crippen molar-refractivity contribution >= 4 is 40.6 Å². The van der Waals surface area contributed by atoms with Gasteiger partial charge in [0.25, 0.3) is 5.91 Å².